The van der Waals surface area contributed by atoms with Gasteiger partial charge in [-0.1, -0.05) is 55.3 Å². The highest BCUT2D eigenvalue weighted by Crippen LogP contribution is 2.22. The fourth-order valence-electron chi connectivity index (χ4n) is 3.22. The van der Waals surface area contributed by atoms with Crippen LogP contribution >= 0.6 is 23.4 Å². The van der Waals surface area contributed by atoms with Crippen LogP contribution in [0.5, 0.6) is 0 Å². The van der Waals surface area contributed by atoms with Crippen molar-refractivity contribution in [2.75, 3.05) is 12.3 Å². The molecule has 1 N–H and O–H groups in total. The highest BCUT2D eigenvalue weighted by atomic mass is 35.5. The third-order valence-electron chi connectivity index (χ3n) is 4.77. The van der Waals surface area contributed by atoms with Crippen molar-refractivity contribution >= 4 is 35.2 Å². The molecule has 2 rings (SSSR count). The second kappa shape index (κ2) is 12.7. The van der Waals surface area contributed by atoms with Crippen LogP contribution in [0.1, 0.15) is 44.2 Å². The summed E-state index contributed by atoms with van der Waals surface area (Å²) >= 11 is 7.55. The zero-order valence-electron chi connectivity index (χ0n) is 18.0. The molecule has 0 aliphatic rings. The first-order valence-corrected chi connectivity index (χ1v) is 11.8. The van der Waals surface area contributed by atoms with Gasteiger partial charge >= 0.3 is 0 Å². The lowest BCUT2D eigenvalue weighted by Gasteiger charge is -2.31. The predicted octanol–water partition coefficient (Wildman–Crippen LogP) is 5.46. The maximum atomic E-state index is 13.2. The number of hydrogen-bond acceptors (Lipinski definition) is 3. The van der Waals surface area contributed by atoms with Crippen molar-refractivity contribution in [3.8, 4) is 0 Å². The first kappa shape index (κ1) is 24.3. The van der Waals surface area contributed by atoms with Crippen LogP contribution in [0.2, 0.25) is 5.02 Å². The molecule has 0 saturated heterocycles. The first-order chi connectivity index (χ1) is 14.4. The van der Waals surface area contributed by atoms with Gasteiger partial charge in [-0.15, -0.1) is 11.8 Å². The Morgan fingerprint density at radius 1 is 1.13 bits per heavy atom. The molecule has 6 heteroatoms. The zero-order valence-corrected chi connectivity index (χ0v) is 19.6. The van der Waals surface area contributed by atoms with E-state index in [2.05, 4.69) is 11.4 Å². The van der Waals surface area contributed by atoms with Gasteiger partial charge < -0.3 is 10.2 Å². The van der Waals surface area contributed by atoms with Crippen LogP contribution < -0.4 is 5.32 Å². The molecule has 1 atom stereocenters. The molecule has 30 heavy (non-hydrogen) atoms. The maximum absolute atomic E-state index is 13.2. The van der Waals surface area contributed by atoms with Crippen LogP contribution in [0.3, 0.4) is 0 Å². The third-order valence-corrected chi connectivity index (χ3v) is 6.03. The molecule has 0 aromatic heterocycles. The molecular formula is C24H31ClN2O2S. The Morgan fingerprint density at radius 2 is 1.87 bits per heavy atom. The van der Waals surface area contributed by atoms with Crippen molar-refractivity contribution < 1.29 is 9.59 Å². The number of nitrogens with one attached hydrogen (secondary N) is 1. The van der Waals surface area contributed by atoms with Gasteiger partial charge in [0.1, 0.15) is 6.04 Å². The van der Waals surface area contributed by atoms with Crippen molar-refractivity contribution in [2.45, 2.75) is 57.5 Å². The van der Waals surface area contributed by atoms with Crippen molar-refractivity contribution in [3.05, 3.63) is 64.7 Å². The molecule has 162 valence electrons. The average Bonchev–Trinajstić information content (AvgIpc) is 2.73. The number of rotatable bonds is 11. The number of hydrogen-bond donors (Lipinski definition) is 1. The quantitative estimate of drug-likeness (QED) is 0.466. The molecule has 0 aliphatic heterocycles. The Balaban J connectivity index is 2.10. The molecule has 0 radical (unpaired) electrons. The van der Waals surface area contributed by atoms with E-state index in [0.717, 1.165) is 22.4 Å². The summed E-state index contributed by atoms with van der Waals surface area (Å²) in [5, 5.41) is 3.65. The summed E-state index contributed by atoms with van der Waals surface area (Å²) < 4.78 is 0. The first-order valence-electron chi connectivity index (χ1n) is 10.5. The number of carbonyl (C=O) groups is 2. The summed E-state index contributed by atoms with van der Waals surface area (Å²) in [4.78, 5) is 28.7. The fourth-order valence-corrected chi connectivity index (χ4v) is 4.19. The topological polar surface area (TPSA) is 49.4 Å². The normalized spacial score (nSPS) is 11.7. The highest BCUT2D eigenvalue weighted by Gasteiger charge is 2.28. The average molecular weight is 447 g/mol. The van der Waals surface area contributed by atoms with E-state index in [4.69, 9.17) is 11.6 Å². The molecule has 0 unspecified atom stereocenters. The number of carbonyl (C=O) groups excluding carboxylic acids is 2. The van der Waals surface area contributed by atoms with Gasteiger partial charge in [-0.25, -0.2) is 0 Å². The SMILES string of the molecule is CCCNC(=O)[C@@H](CC)N(Cc1cccc(C)c1)C(=O)CCSc1ccc(Cl)cc1. The third kappa shape index (κ3) is 7.69. The monoisotopic (exact) mass is 446 g/mol. The second-order valence-corrected chi connectivity index (χ2v) is 8.88. The molecule has 4 nitrogen and oxygen atoms in total. The van der Waals surface area contributed by atoms with Crippen LogP contribution in [0, 0.1) is 6.92 Å². The predicted molar refractivity (Wildman–Crippen MR) is 126 cm³/mol. The summed E-state index contributed by atoms with van der Waals surface area (Å²) in [6.45, 7) is 7.06. The van der Waals surface area contributed by atoms with Crippen molar-refractivity contribution in [3.63, 3.8) is 0 Å². The molecular weight excluding hydrogens is 416 g/mol. The highest BCUT2D eigenvalue weighted by molar-refractivity contribution is 7.99. The summed E-state index contributed by atoms with van der Waals surface area (Å²) in [6, 6.07) is 15.2. The molecule has 2 aromatic rings. The molecule has 0 spiro atoms. The lowest BCUT2D eigenvalue weighted by molar-refractivity contribution is -0.141. The number of thioether (sulfide) groups is 1. The Kier molecular flexibility index (Phi) is 10.2. The zero-order chi connectivity index (χ0) is 21.9. The number of benzene rings is 2. The van der Waals surface area contributed by atoms with Crippen molar-refractivity contribution in [1.82, 2.24) is 10.2 Å². The molecule has 0 saturated carbocycles. The molecule has 2 aromatic carbocycles. The lowest BCUT2D eigenvalue weighted by atomic mass is 10.1. The van der Waals surface area contributed by atoms with Crippen LogP contribution in [-0.4, -0.2) is 35.1 Å². The van der Waals surface area contributed by atoms with E-state index in [1.165, 1.54) is 0 Å². The van der Waals surface area contributed by atoms with E-state index in [1.54, 1.807) is 16.7 Å². The maximum Gasteiger partial charge on any atom is 0.242 e. The fraction of sp³-hybridized carbons (Fsp3) is 0.417. The van der Waals surface area contributed by atoms with E-state index in [0.29, 0.717) is 36.7 Å². The molecule has 0 fully saturated rings. The van der Waals surface area contributed by atoms with Crippen LogP contribution in [0.25, 0.3) is 0 Å². The van der Waals surface area contributed by atoms with Crippen LogP contribution in [0.4, 0.5) is 0 Å². The lowest BCUT2D eigenvalue weighted by Crippen LogP contribution is -2.49. The van der Waals surface area contributed by atoms with Gasteiger partial charge in [0.05, 0.1) is 0 Å². The van der Waals surface area contributed by atoms with Gasteiger partial charge in [0, 0.05) is 35.2 Å². The van der Waals surface area contributed by atoms with Crippen LogP contribution in [-0.2, 0) is 16.1 Å². The van der Waals surface area contributed by atoms with Gasteiger partial charge in [0.25, 0.3) is 0 Å². The van der Waals surface area contributed by atoms with E-state index in [9.17, 15) is 9.59 Å². The Labute approximate surface area is 189 Å². The van der Waals surface area contributed by atoms with Gasteiger partial charge in [-0.2, -0.15) is 0 Å². The number of aryl methyl sites for hydroxylation is 1. The Morgan fingerprint density at radius 3 is 2.50 bits per heavy atom. The molecule has 2 amide bonds. The molecule has 0 aliphatic carbocycles. The van der Waals surface area contributed by atoms with Gasteiger partial charge in [-0.3, -0.25) is 9.59 Å². The van der Waals surface area contributed by atoms with Crippen molar-refractivity contribution in [1.29, 1.82) is 0 Å². The number of nitrogens with zero attached hydrogens (tertiary/aromatic N) is 1. The number of amides is 2. The second-order valence-electron chi connectivity index (χ2n) is 7.28. The van der Waals surface area contributed by atoms with Gasteiger partial charge in [-0.05, 0) is 49.6 Å². The van der Waals surface area contributed by atoms with E-state index >= 15 is 0 Å². The standard InChI is InChI=1S/C24H31ClN2O2S/c1-4-14-26-24(29)22(5-2)27(17-19-8-6-7-18(3)16-19)23(28)13-15-30-21-11-9-20(25)10-12-21/h6-12,16,22H,4-5,13-15,17H2,1-3H3,(H,26,29)/t22-/m1/s1. The summed E-state index contributed by atoms with van der Waals surface area (Å²) in [7, 11) is 0. The van der Waals surface area contributed by atoms with E-state index < -0.39 is 6.04 Å². The smallest absolute Gasteiger partial charge is 0.242 e. The Bertz CT molecular complexity index is 826. The molecule has 0 bridgehead atoms. The van der Waals surface area contributed by atoms with Gasteiger partial charge in [0.2, 0.25) is 11.8 Å². The Hall–Kier alpha value is -1.98. The molecule has 0 heterocycles. The minimum atomic E-state index is -0.468. The number of halogens is 1. The van der Waals surface area contributed by atoms with Crippen molar-refractivity contribution in [2.24, 2.45) is 0 Å². The minimum Gasteiger partial charge on any atom is -0.354 e. The summed E-state index contributed by atoms with van der Waals surface area (Å²) in [5.74, 6) is 0.569. The van der Waals surface area contributed by atoms with Gasteiger partial charge in [0.15, 0.2) is 0 Å². The summed E-state index contributed by atoms with van der Waals surface area (Å²) in [6.07, 6.45) is 1.82. The van der Waals surface area contributed by atoms with Crippen LogP contribution in [0.15, 0.2) is 53.4 Å². The van der Waals surface area contributed by atoms with E-state index in [-0.39, 0.29) is 11.8 Å². The largest absolute Gasteiger partial charge is 0.354 e. The van der Waals surface area contributed by atoms with E-state index in [1.807, 2.05) is 63.2 Å². The summed E-state index contributed by atoms with van der Waals surface area (Å²) in [5.41, 5.74) is 2.18. The minimum absolute atomic E-state index is 0.00327.